The first-order valence-electron chi connectivity index (χ1n) is 6.92. The molecule has 0 aliphatic carbocycles. The maximum absolute atomic E-state index is 11.8. The quantitative estimate of drug-likeness (QED) is 0.867. The number of hydrogen-bond acceptors (Lipinski definition) is 3. The van der Waals surface area contributed by atoms with Crippen molar-refractivity contribution in [3.63, 3.8) is 0 Å². The zero-order valence-corrected chi connectivity index (χ0v) is 11.6. The molecular formula is C15H20N2O3. The summed E-state index contributed by atoms with van der Waals surface area (Å²) in [5, 5.41) is 5.51. The minimum atomic E-state index is -0.439. The van der Waals surface area contributed by atoms with Crippen molar-refractivity contribution in [1.82, 2.24) is 10.6 Å². The molecule has 0 saturated carbocycles. The van der Waals surface area contributed by atoms with E-state index in [0.717, 1.165) is 18.4 Å². The number of carbonyl (C=O) groups is 2. The molecule has 5 nitrogen and oxygen atoms in total. The van der Waals surface area contributed by atoms with Crippen LogP contribution in [0.15, 0.2) is 24.3 Å². The molecule has 2 amide bonds. The van der Waals surface area contributed by atoms with Gasteiger partial charge < -0.3 is 15.4 Å². The third kappa shape index (κ3) is 3.98. The van der Waals surface area contributed by atoms with Gasteiger partial charge in [-0.1, -0.05) is 18.2 Å². The summed E-state index contributed by atoms with van der Waals surface area (Å²) in [6.07, 6.45) is 2.57. The summed E-state index contributed by atoms with van der Waals surface area (Å²) in [5.41, 5.74) is 0.979. The summed E-state index contributed by atoms with van der Waals surface area (Å²) in [6.45, 7) is 2.53. The Labute approximate surface area is 118 Å². The lowest BCUT2D eigenvalue weighted by Gasteiger charge is -2.15. The topological polar surface area (TPSA) is 67.4 Å². The Kier molecular flexibility index (Phi) is 4.98. The van der Waals surface area contributed by atoms with Gasteiger partial charge in [-0.15, -0.1) is 0 Å². The molecule has 0 bridgehead atoms. The van der Waals surface area contributed by atoms with Gasteiger partial charge in [0.1, 0.15) is 11.8 Å². The molecular weight excluding hydrogens is 256 g/mol. The highest BCUT2D eigenvalue weighted by Gasteiger charge is 2.22. The van der Waals surface area contributed by atoms with E-state index in [2.05, 4.69) is 10.6 Å². The van der Waals surface area contributed by atoms with Crippen LogP contribution in [0.3, 0.4) is 0 Å². The van der Waals surface area contributed by atoms with Crippen LogP contribution in [-0.4, -0.2) is 31.0 Å². The Morgan fingerprint density at radius 1 is 1.40 bits per heavy atom. The molecule has 1 aromatic rings. The van der Waals surface area contributed by atoms with Crippen molar-refractivity contribution in [3.05, 3.63) is 29.8 Å². The molecule has 108 valence electrons. The minimum Gasteiger partial charge on any atom is -0.484 e. The van der Waals surface area contributed by atoms with Gasteiger partial charge >= 0.3 is 0 Å². The summed E-state index contributed by atoms with van der Waals surface area (Å²) in [6, 6.07) is 7.08. The Morgan fingerprint density at radius 2 is 2.20 bits per heavy atom. The van der Waals surface area contributed by atoms with Gasteiger partial charge in [-0.25, -0.2) is 0 Å². The number of aryl methyl sites for hydroxylation is 1. The van der Waals surface area contributed by atoms with E-state index in [1.54, 1.807) is 0 Å². The molecule has 20 heavy (non-hydrogen) atoms. The third-order valence-corrected chi connectivity index (χ3v) is 3.32. The molecule has 1 saturated heterocycles. The first-order chi connectivity index (χ1) is 9.66. The fourth-order valence-electron chi connectivity index (χ4n) is 2.17. The van der Waals surface area contributed by atoms with Gasteiger partial charge in [0.05, 0.1) is 0 Å². The van der Waals surface area contributed by atoms with Gasteiger partial charge in [0.25, 0.3) is 5.91 Å². The van der Waals surface area contributed by atoms with E-state index in [0.29, 0.717) is 18.7 Å². The maximum Gasteiger partial charge on any atom is 0.258 e. The second kappa shape index (κ2) is 6.93. The number of carbonyl (C=O) groups excluding carboxylic acids is 2. The summed E-state index contributed by atoms with van der Waals surface area (Å²) in [7, 11) is 0. The molecule has 1 aromatic carbocycles. The Balaban J connectivity index is 1.83. The average Bonchev–Trinajstić information content (AvgIpc) is 2.63. The smallest absolute Gasteiger partial charge is 0.258 e. The molecule has 2 N–H and O–H groups in total. The van der Waals surface area contributed by atoms with Crippen LogP contribution in [0, 0.1) is 6.92 Å². The highest BCUT2D eigenvalue weighted by molar-refractivity contribution is 5.88. The fourth-order valence-corrected chi connectivity index (χ4v) is 2.17. The lowest BCUT2D eigenvalue weighted by atomic mass is 10.1. The first kappa shape index (κ1) is 14.4. The average molecular weight is 276 g/mol. The standard InChI is InChI=1S/C15H20N2O3/c1-11-6-2-3-8-13(11)20-10-14(18)17-12-7-4-5-9-16-15(12)19/h2-3,6,8,12H,4-5,7,9-10H2,1H3,(H,16,19)(H,17,18)/t12-/m1/s1. The van der Waals surface area contributed by atoms with Gasteiger partial charge in [0.15, 0.2) is 6.61 Å². The van der Waals surface area contributed by atoms with E-state index >= 15 is 0 Å². The van der Waals surface area contributed by atoms with Gasteiger partial charge in [0, 0.05) is 6.54 Å². The zero-order chi connectivity index (χ0) is 14.4. The minimum absolute atomic E-state index is 0.0748. The lowest BCUT2D eigenvalue weighted by molar-refractivity contribution is -0.129. The predicted molar refractivity (Wildman–Crippen MR) is 75.5 cm³/mol. The van der Waals surface area contributed by atoms with Crippen LogP contribution in [0.4, 0.5) is 0 Å². The third-order valence-electron chi connectivity index (χ3n) is 3.32. The maximum atomic E-state index is 11.8. The molecule has 1 fully saturated rings. The predicted octanol–water partition coefficient (Wildman–Crippen LogP) is 1.16. The van der Waals surface area contributed by atoms with Crippen molar-refractivity contribution in [2.75, 3.05) is 13.2 Å². The molecule has 0 unspecified atom stereocenters. The monoisotopic (exact) mass is 276 g/mol. The molecule has 5 heteroatoms. The van der Waals surface area contributed by atoms with E-state index in [-0.39, 0.29) is 18.4 Å². The highest BCUT2D eigenvalue weighted by Crippen LogP contribution is 2.15. The van der Waals surface area contributed by atoms with E-state index in [9.17, 15) is 9.59 Å². The van der Waals surface area contributed by atoms with Crippen molar-refractivity contribution in [1.29, 1.82) is 0 Å². The Morgan fingerprint density at radius 3 is 3.00 bits per heavy atom. The van der Waals surface area contributed by atoms with Crippen LogP contribution in [0.1, 0.15) is 24.8 Å². The number of hydrogen-bond donors (Lipinski definition) is 2. The molecule has 0 aromatic heterocycles. The normalized spacial score (nSPS) is 18.9. The molecule has 2 rings (SSSR count). The Hall–Kier alpha value is -2.04. The number of para-hydroxylation sites is 1. The summed E-state index contributed by atoms with van der Waals surface area (Å²) < 4.78 is 5.46. The number of rotatable bonds is 4. The van der Waals surface area contributed by atoms with Gasteiger partial charge in [0.2, 0.25) is 5.91 Å². The highest BCUT2D eigenvalue weighted by atomic mass is 16.5. The summed E-state index contributed by atoms with van der Waals surface area (Å²) >= 11 is 0. The van der Waals surface area contributed by atoms with Crippen LogP contribution in [0.2, 0.25) is 0 Å². The summed E-state index contributed by atoms with van der Waals surface area (Å²) in [5.74, 6) is 0.315. The van der Waals surface area contributed by atoms with Crippen molar-refractivity contribution < 1.29 is 14.3 Å². The number of benzene rings is 1. The molecule has 0 spiro atoms. The van der Waals surface area contributed by atoms with E-state index < -0.39 is 6.04 Å². The second-order valence-electron chi connectivity index (χ2n) is 4.96. The van der Waals surface area contributed by atoms with Crippen molar-refractivity contribution in [2.45, 2.75) is 32.2 Å². The number of nitrogens with one attached hydrogen (secondary N) is 2. The van der Waals surface area contributed by atoms with Crippen molar-refractivity contribution >= 4 is 11.8 Å². The summed E-state index contributed by atoms with van der Waals surface area (Å²) in [4.78, 5) is 23.5. The van der Waals surface area contributed by atoms with E-state index in [1.165, 1.54) is 0 Å². The first-order valence-corrected chi connectivity index (χ1v) is 6.92. The number of ether oxygens (including phenoxy) is 1. The lowest BCUT2D eigenvalue weighted by Crippen LogP contribution is -2.46. The number of amides is 2. The van der Waals surface area contributed by atoms with E-state index in [1.807, 2.05) is 31.2 Å². The van der Waals surface area contributed by atoms with Gasteiger partial charge in [-0.2, -0.15) is 0 Å². The molecule has 0 radical (unpaired) electrons. The second-order valence-corrected chi connectivity index (χ2v) is 4.96. The van der Waals surface area contributed by atoms with Crippen molar-refractivity contribution in [3.8, 4) is 5.75 Å². The molecule has 1 atom stereocenters. The SMILES string of the molecule is Cc1ccccc1OCC(=O)N[C@@H]1CCCCNC1=O. The molecule has 1 aliphatic rings. The molecule has 1 aliphatic heterocycles. The zero-order valence-electron chi connectivity index (χ0n) is 11.6. The van der Waals surface area contributed by atoms with Crippen LogP contribution >= 0.6 is 0 Å². The van der Waals surface area contributed by atoms with Gasteiger partial charge in [-0.05, 0) is 37.8 Å². The Bertz CT molecular complexity index is 488. The van der Waals surface area contributed by atoms with Crippen LogP contribution in [0.25, 0.3) is 0 Å². The van der Waals surface area contributed by atoms with E-state index in [4.69, 9.17) is 4.74 Å². The fraction of sp³-hybridized carbons (Fsp3) is 0.467. The van der Waals surface area contributed by atoms with Crippen LogP contribution < -0.4 is 15.4 Å². The van der Waals surface area contributed by atoms with Crippen LogP contribution in [0.5, 0.6) is 5.75 Å². The van der Waals surface area contributed by atoms with Gasteiger partial charge in [-0.3, -0.25) is 9.59 Å². The largest absolute Gasteiger partial charge is 0.484 e. The van der Waals surface area contributed by atoms with Crippen molar-refractivity contribution in [2.24, 2.45) is 0 Å². The molecule has 1 heterocycles. The van der Waals surface area contributed by atoms with Crippen LogP contribution in [-0.2, 0) is 9.59 Å².